The first-order valence-electron chi connectivity index (χ1n) is 7.44. The Morgan fingerprint density at radius 3 is 2.54 bits per heavy atom. The molecule has 2 amide bonds. The summed E-state index contributed by atoms with van der Waals surface area (Å²) in [6.07, 6.45) is -0.202. The van der Waals surface area contributed by atoms with E-state index in [4.69, 9.17) is 5.11 Å². The van der Waals surface area contributed by atoms with E-state index >= 15 is 0 Å². The number of anilines is 1. The van der Waals surface area contributed by atoms with E-state index in [1.807, 2.05) is 19.1 Å². The van der Waals surface area contributed by atoms with Crippen LogP contribution in [0, 0.1) is 6.92 Å². The molecule has 1 fully saturated rings. The first-order valence-corrected chi connectivity index (χ1v) is 8.60. The number of nitrogens with zero attached hydrogens (tertiary/aromatic N) is 1. The molecule has 0 radical (unpaired) electrons. The van der Waals surface area contributed by atoms with Crippen molar-refractivity contribution in [2.75, 3.05) is 29.9 Å². The lowest BCUT2D eigenvalue weighted by atomic mass is 10.1. The summed E-state index contributed by atoms with van der Waals surface area (Å²) in [6.45, 7) is 1.59. The maximum atomic E-state index is 13.9. The zero-order chi connectivity index (χ0) is 17.7. The molecule has 1 heterocycles. The third-order valence-corrected chi connectivity index (χ3v) is 4.67. The van der Waals surface area contributed by atoms with Gasteiger partial charge in [-0.1, -0.05) is 17.7 Å². The Hall–Kier alpha value is -2.09. The van der Waals surface area contributed by atoms with Gasteiger partial charge >= 0.3 is 5.97 Å². The lowest BCUT2D eigenvalue weighted by Crippen LogP contribution is -2.39. The van der Waals surface area contributed by atoms with Gasteiger partial charge in [-0.2, -0.15) is 0 Å². The number of hydrogen-bond acceptors (Lipinski definition) is 4. The van der Waals surface area contributed by atoms with E-state index in [1.165, 1.54) is 4.90 Å². The van der Waals surface area contributed by atoms with Crippen molar-refractivity contribution >= 4 is 35.2 Å². The molecule has 1 saturated heterocycles. The zero-order valence-corrected chi connectivity index (χ0v) is 14.1. The van der Waals surface area contributed by atoms with E-state index in [9.17, 15) is 18.8 Å². The number of amides is 2. The number of thioether (sulfide) groups is 1. The maximum absolute atomic E-state index is 13.9. The van der Waals surface area contributed by atoms with Crippen molar-refractivity contribution in [1.29, 1.82) is 0 Å². The molecule has 1 unspecified atom stereocenters. The predicted octanol–water partition coefficient (Wildman–Crippen LogP) is 1.69. The van der Waals surface area contributed by atoms with Crippen LogP contribution in [0.3, 0.4) is 0 Å². The monoisotopic (exact) mass is 354 g/mol. The number of carboxylic acids is 1. The van der Waals surface area contributed by atoms with Gasteiger partial charge in [-0.15, -0.1) is 11.8 Å². The van der Waals surface area contributed by atoms with Gasteiger partial charge < -0.3 is 15.3 Å². The number of carboxylic acid groups (broad SMARTS) is 1. The average molecular weight is 354 g/mol. The highest BCUT2D eigenvalue weighted by Crippen LogP contribution is 2.26. The molecule has 2 rings (SSSR count). The number of rotatable bonds is 6. The van der Waals surface area contributed by atoms with Crippen molar-refractivity contribution in [2.24, 2.45) is 0 Å². The van der Waals surface area contributed by atoms with Gasteiger partial charge in [0.1, 0.15) is 0 Å². The number of aliphatic carboxylic acids is 1. The summed E-state index contributed by atoms with van der Waals surface area (Å²) >= 11 is 1.11. The molecule has 2 N–H and O–H groups in total. The standard InChI is InChI=1S/C16H19FN2O4S/c1-11-2-4-12(5-3-11)18-13(20)8-24-9-14(21)19-7-6-16(17,10-19)15(22)23/h2-5H,6-10H2,1H3,(H,18,20)(H,22,23). The largest absolute Gasteiger partial charge is 0.479 e. The highest BCUT2D eigenvalue weighted by molar-refractivity contribution is 8.00. The fraction of sp³-hybridized carbons (Fsp3) is 0.438. The van der Waals surface area contributed by atoms with Crippen LogP contribution in [0.15, 0.2) is 24.3 Å². The number of hydrogen-bond donors (Lipinski definition) is 2. The lowest BCUT2D eigenvalue weighted by molar-refractivity contribution is -0.150. The van der Waals surface area contributed by atoms with Crippen molar-refractivity contribution in [3.05, 3.63) is 29.8 Å². The molecule has 0 saturated carbocycles. The van der Waals surface area contributed by atoms with Crippen LogP contribution >= 0.6 is 11.8 Å². The quantitative estimate of drug-likeness (QED) is 0.812. The van der Waals surface area contributed by atoms with E-state index in [0.29, 0.717) is 5.69 Å². The molecule has 1 atom stereocenters. The SMILES string of the molecule is Cc1ccc(NC(=O)CSCC(=O)N2CCC(F)(C(=O)O)C2)cc1. The second kappa shape index (κ2) is 7.65. The average Bonchev–Trinajstić information content (AvgIpc) is 2.93. The molecular weight excluding hydrogens is 335 g/mol. The fourth-order valence-corrected chi connectivity index (χ4v) is 3.03. The van der Waals surface area contributed by atoms with Crippen LogP contribution in [0.4, 0.5) is 10.1 Å². The van der Waals surface area contributed by atoms with Crippen LogP contribution in [-0.2, 0) is 14.4 Å². The van der Waals surface area contributed by atoms with Gasteiger partial charge in [0.15, 0.2) is 0 Å². The second-order valence-corrected chi connectivity index (χ2v) is 6.73. The molecule has 24 heavy (non-hydrogen) atoms. The number of carbonyl (C=O) groups excluding carboxylic acids is 2. The molecular formula is C16H19FN2O4S. The van der Waals surface area contributed by atoms with Gasteiger partial charge in [0.05, 0.1) is 18.1 Å². The highest BCUT2D eigenvalue weighted by atomic mass is 32.2. The first-order chi connectivity index (χ1) is 11.3. The Morgan fingerprint density at radius 2 is 1.96 bits per heavy atom. The van der Waals surface area contributed by atoms with Crippen molar-refractivity contribution < 1.29 is 23.9 Å². The normalized spacial score (nSPS) is 20.0. The van der Waals surface area contributed by atoms with Crippen LogP contribution in [0.25, 0.3) is 0 Å². The number of carbonyl (C=O) groups is 3. The summed E-state index contributed by atoms with van der Waals surface area (Å²) in [6, 6.07) is 7.34. The minimum Gasteiger partial charge on any atom is -0.479 e. The summed E-state index contributed by atoms with van der Waals surface area (Å²) < 4.78 is 13.9. The van der Waals surface area contributed by atoms with E-state index in [0.717, 1.165) is 17.3 Å². The van der Waals surface area contributed by atoms with E-state index in [2.05, 4.69) is 5.32 Å². The van der Waals surface area contributed by atoms with E-state index in [-0.39, 0.29) is 36.3 Å². The topological polar surface area (TPSA) is 86.7 Å². The Balaban J connectivity index is 1.72. The second-order valence-electron chi connectivity index (χ2n) is 5.74. The zero-order valence-electron chi connectivity index (χ0n) is 13.3. The summed E-state index contributed by atoms with van der Waals surface area (Å²) in [7, 11) is 0. The van der Waals surface area contributed by atoms with Gasteiger partial charge in [-0.05, 0) is 19.1 Å². The van der Waals surface area contributed by atoms with Gasteiger partial charge in [0.2, 0.25) is 17.5 Å². The lowest BCUT2D eigenvalue weighted by Gasteiger charge is -2.17. The van der Waals surface area contributed by atoms with Crippen LogP contribution in [0.2, 0.25) is 0 Å². The van der Waals surface area contributed by atoms with Gasteiger partial charge in [-0.25, -0.2) is 9.18 Å². The molecule has 8 heteroatoms. The molecule has 6 nitrogen and oxygen atoms in total. The van der Waals surface area contributed by atoms with E-state index in [1.54, 1.807) is 12.1 Å². The molecule has 1 aliphatic heterocycles. The summed E-state index contributed by atoms with van der Waals surface area (Å²) in [5, 5.41) is 11.5. The van der Waals surface area contributed by atoms with Gasteiger partial charge in [0, 0.05) is 18.7 Å². The number of alkyl halides is 1. The van der Waals surface area contributed by atoms with Crippen LogP contribution in [-0.4, -0.2) is 58.1 Å². The van der Waals surface area contributed by atoms with Gasteiger partial charge in [-0.3, -0.25) is 9.59 Å². The number of benzene rings is 1. The number of nitrogens with one attached hydrogen (secondary N) is 1. The molecule has 0 aliphatic carbocycles. The smallest absolute Gasteiger partial charge is 0.343 e. The predicted molar refractivity (Wildman–Crippen MR) is 89.8 cm³/mol. The minimum atomic E-state index is -2.36. The molecule has 1 aromatic rings. The Labute approximate surface area is 143 Å². The fourth-order valence-electron chi connectivity index (χ4n) is 2.32. The molecule has 130 valence electrons. The number of likely N-dealkylation sites (tertiary alicyclic amines) is 1. The maximum Gasteiger partial charge on any atom is 0.343 e. The number of halogens is 1. The minimum absolute atomic E-state index is 0.0109. The van der Waals surface area contributed by atoms with Crippen LogP contribution in [0.5, 0.6) is 0 Å². The van der Waals surface area contributed by atoms with Crippen molar-refractivity contribution in [1.82, 2.24) is 4.90 Å². The molecule has 0 aromatic heterocycles. The van der Waals surface area contributed by atoms with Gasteiger partial charge in [0.25, 0.3) is 0 Å². The Morgan fingerprint density at radius 1 is 1.29 bits per heavy atom. The first kappa shape index (κ1) is 18.3. The van der Waals surface area contributed by atoms with Crippen LogP contribution < -0.4 is 5.32 Å². The Bertz CT molecular complexity index is 637. The molecule has 0 bridgehead atoms. The summed E-state index contributed by atoms with van der Waals surface area (Å²) in [5.41, 5.74) is -0.590. The summed E-state index contributed by atoms with van der Waals surface area (Å²) in [5.74, 6) is -2.03. The Kier molecular flexibility index (Phi) is 5.82. The molecule has 1 aromatic carbocycles. The van der Waals surface area contributed by atoms with Crippen molar-refractivity contribution in [3.8, 4) is 0 Å². The van der Waals surface area contributed by atoms with E-state index < -0.39 is 18.2 Å². The summed E-state index contributed by atoms with van der Waals surface area (Å²) in [4.78, 5) is 35.8. The molecule has 0 spiro atoms. The third kappa shape index (κ3) is 4.70. The molecule has 1 aliphatic rings. The number of aryl methyl sites for hydroxylation is 1. The van der Waals surface area contributed by atoms with Crippen LogP contribution in [0.1, 0.15) is 12.0 Å². The third-order valence-electron chi connectivity index (χ3n) is 3.75. The van der Waals surface area contributed by atoms with Crippen molar-refractivity contribution in [2.45, 2.75) is 19.0 Å². The van der Waals surface area contributed by atoms with Crippen molar-refractivity contribution in [3.63, 3.8) is 0 Å². The highest BCUT2D eigenvalue weighted by Gasteiger charge is 2.46.